The van der Waals surface area contributed by atoms with Gasteiger partial charge in [-0.2, -0.15) is 0 Å². The monoisotopic (exact) mass is 501 g/mol. The molecule has 9 heteroatoms. The number of nitrogens with one attached hydrogen (secondary N) is 1. The van der Waals surface area contributed by atoms with Crippen molar-refractivity contribution in [3.05, 3.63) is 78.4 Å². The number of ether oxygens (including phenoxy) is 2. The topological polar surface area (TPSA) is 98.6 Å². The van der Waals surface area contributed by atoms with Gasteiger partial charge in [-0.15, -0.1) is 5.10 Å². The van der Waals surface area contributed by atoms with Gasteiger partial charge in [0.15, 0.2) is 0 Å². The van der Waals surface area contributed by atoms with Crippen LogP contribution in [0.5, 0.6) is 11.5 Å². The number of nitrogens with zero attached hydrogens (tertiary/aromatic N) is 4. The molecular weight excluding hydrogens is 470 g/mol. The predicted octanol–water partition coefficient (Wildman–Crippen LogP) is 4.14. The van der Waals surface area contributed by atoms with Crippen LogP contribution in [0.1, 0.15) is 32.4 Å². The summed E-state index contributed by atoms with van der Waals surface area (Å²) in [6.45, 7) is 5.56. The van der Waals surface area contributed by atoms with Crippen LogP contribution in [-0.4, -0.2) is 46.6 Å². The quantitative estimate of drug-likeness (QED) is 0.390. The smallest absolute Gasteiger partial charge is 0.249 e. The van der Waals surface area contributed by atoms with E-state index >= 15 is 0 Å². The van der Waals surface area contributed by atoms with Crippen molar-refractivity contribution in [1.29, 1.82) is 0 Å². The molecule has 3 aromatic carbocycles. The van der Waals surface area contributed by atoms with Crippen LogP contribution in [0.2, 0.25) is 0 Å². The molecule has 4 aromatic rings. The lowest BCUT2D eigenvalue weighted by Gasteiger charge is -2.34. The van der Waals surface area contributed by atoms with Gasteiger partial charge in [-0.25, -0.2) is 4.68 Å². The maximum Gasteiger partial charge on any atom is 0.249 e. The molecule has 0 spiro atoms. The first kappa shape index (κ1) is 25.7. The highest BCUT2D eigenvalue weighted by atomic mass is 16.5. The van der Waals surface area contributed by atoms with Crippen molar-refractivity contribution < 1.29 is 19.1 Å². The van der Waals surface area contributed by atoms with Crippen molar-refractivity contribution in [2.24, 2.45) is 0 Å². The summed E-state index contributed by atoms with van der Waals surface area (Å²) in [5, 5.41) is 11.4. The van der Waals surface area contributed by atoms with E-state index in [1.54, 1.807) is 62.8 Å². The molecule has 37 heavy (non-hydrogen) atoms. The van der Waals surface area contributed by atoms with E-state index in [4.69, 9.17) is 9.47 Å². The molecule has 1 unspecified atom stereocenters. The van der Waals surface area contributed by atoms with E-state index < -0.39 is 11.6 Å². The number of amides is 2. The second-order valence-corrected chi connectivity index (χ2v) is 9.62. The molecule has 0 bridgehead atoms. The Kier molecular flexibility index (Phi) is 7.42. The highest BCUT2D eigenvalue weighted by molar-refractivity contribution is 6.01. The number of methoxy groups -OCH3 is 2. The van der Waals surface area contributed by atoms with Crippen molar-refractivity contribution in [3.63, 3.8) is 0 Å². The number of benzene rings is 3. The Morgan fingerprint density at radius 1 is 0.946 bits per heavy atom. The van der Waals surface area contributed by atoms with Crippen molar-refractivity contribution >= 4 is 28.5 Å². The Morgan fingerprint density at radius 3 is 2.32 bits per heavy atom. The van der Waals surface area contributed by atoms with E-state index in [1.165, 1.54) is 9.58 Å². The number of hydrogen-bond donors (Lipinski definition) is 1. The van der Waals surface area contributed by atoms with E-state index in [2.05, 4.69) is 15.6 Å². The maximum atomic E-state index is 14.1. The second-order valence-electron chi connectivity index (χ2n) is 9.62. The third-order valence-electron chi connectivity index (χ3n) is 5.72. The van der Waals surface area contributed by atoms with E-state index in [9.17, 15) is 9.59 Å². The van der Waals surface area contributed by atoms with Crippen LogP contribution in [0.4, 0.5) is 5.69 Å². The summed E-state index contributed by atoms with van der Waals surface area (Å²) in [4.78, 5) is 29.4. The zero-order valence-electron chi connectivity index (χ0n) is 21.6. The average molecular weight is 502 g/mol. The molecule has 0 radical (unpaired) electrons. The summed E-state index contributed by atoms with van der Waals surface area (Å²) in [5.41, 5.74) is 1.97. The van der Waals surface area contributed by atoms with Crippen LogP contribution in [-0.2, 0) is 16.1 Å². The van der Waals surface area contributed by atoms with Gasteiger partial charge < -0.3 is 14.8 Å². The van der Waals surface area contributed by atoms with Crippen molar-refractivity contribution in [2.75, 3.05) is 19.1 Å². The summed E-state index contributed by atoms with van der Waals surface area (Å²) in [5.74, 6) is 0.453. The zero-order chi connectivity index (χ0) is 26.6. The van der Waals surface area contributed by atoms with Gasteiger partial charge in [-0.1, -0.05) is 35.5 Å². The standard InChI is InChI=1S/C28H31N5O4/c1-28(2,3)29-27(35)26(19-10-8-12-21(16-19)36-4)33(20-11-9-13-22(17-20)37-5)25(34)18-32-24-15-7-6-14-23(24)30-31-32/h6-17,26H,18H2,1-5H3,(H,29,35). The number of para-hydroxylation sites is 1. The number of hydrogen-bond acceptors (Lipinski definition) is 6. The van der Waals surface area contributed by atoms with Crippen LogP contribution in [0.15, 0.2) is 72.8 Å². The van der Waals surface area contributed by atoms with Crippen LogP contribution in [0.25, 0.3) is 11.0 Å². The van der Waals surface area contributed by atoms with Crippen molar-refractivity contribution in [2.45, 2.75) is 38.9 Å². The molecule has 0 aliphatic heterocycles. The Hall–Kier alpha value is -4.40. The van der Waals surface area contributed by atoms with E-state index in [0.29, 0.717) is 28.3 Å². The Labute approximate surface area is 216 Å². The minimum Gasteiger partial charge on any atom is -0.497 e. The minimum atomic E-state index is -0.997. The molecule has 1 heterocycles. The Bertz CT molecular complexity index is 1410. The first-order valence-electron chi connectivity index (χ1n) is 11.9. The molecule has 2 amide bonds. The summed E-state index contributed by atoms with van der Waals surface area (Å²) in [7, 11) is 3.11. The fraction of sp³-hybridized carbons (Fsp3) is 0.286. The molecule has 1 N–H and O–H groups in total. The van der Waals surface area contributed by atoms with Gasteiger partial charge in [-0.05, 0) is 62.7 Å². The molecular formula is C28H31N5O4. The number of carbonyl (C=O) groups excluding carboxylic acids is 2. The van der Waals surface area contributed by atoms with Crippen molar-refractivity contribution in [1.82, 2.24) is 20.3 Å². The van der Waals surface area contributed by atoms with Gasteiger partial charge in [0.25, 0.3) is 0 Å². The molecule has 192 valence electrons. The van der Waals surface area contributed by atoms with Crippen LogP contribution in [0, 0.1) is 0 Å². The lowest BCUT2D eigenvalue weighted by atomic mass is 10.0. The van der Waals surface area contributed by atoms with Gasteiger partial charge in [0.2, 0.25) is 11.8 Å². The lowest BCUT2D eigenvalue weighted by molar-refractivity contribution is -0.128. The molecule has 4 rings (SSSR count). The third-order valence-corrected chi connectivity index (χ3v) is 5.72. The highest BCUT2D eigenvalue weighted by Gasteiger charge is 2.35. The summed E-state index contributed by atoms with van der Waals surface area (Å²) in [6, 6.07) is 20.6. The first-order valence-corrected chi connectivity index (χ1v) is 11.9. The molecule has 0 saturated carbocycles. The average Bonchev–Trinajstić information content (AvgIpc) is 3.28. The predicted molar refractivity (Wildman–Crippen MR) is 142 cm³/mol. The Balaban J connectivity index is 1.85. The normalized spacial score (nSPS) is 12.1. The number of aromatic nitrogens is 3. The fourth-order valence-corrected chi connectivity index (χ4v) is 4.10. The minimum absolute atomic E-state index is 0.124. The third kappa shape index (κ3) is 5.88. The van der Waals surface area contributed by atoms with Gasteiger partial charge in [-0.3, -0.25) is 14.5 Å². The van der Waals surface area contributed by atoms with Crippen LogP contribution in [0.3, 0.4) is 0 Å². The number of anilines is 1. The Morgan fingerprint density at radius 2 is 1.62 bits per heavy atom. The second kappa shape index (κ2) is 10.7. The first-order chi connectivity index (χ1) is 17.7. The van der Waals surface area contributed by atoms with E-state index in [-0.39, 0.29) is 18.4 Å². The van der Waals surface area contributed by atoms with Crippen molar-refractivity contribution in [3.8, 4) is 11.5 Å². The summed E-state index contributed by atoms with van der Waals surface area (Å²) < 4.78 is 12.4. The zero-order valence-corrected chi connectivity index (χ0v) is 21.6. The number of carbonyl (C=O) groups is 2. The lowest BCUT2D eigenvalue weighted by Crippen LogP contribution is -2.50. The highest BCUT2D eigenvalue weighted by Crippen LogP contribution is 2.32. The van der Waals surface area contributed by atoms with Gasteiger partial charge in [0.05, 0.1) is 19.7 Å². The number of fused-ring (bicyclic) bond motifs is 1. The largest absolute Gasteiger partial charge is 0.497 e. The molecule has 0 saturated heterocycles. The molecule has 0 aliphatic rings. The fourth-order valence-electron chi connectivity index (χ4n) is 4.10. The SMILES string of the molecule is COc1cccc(C(C(=O)NC(C)(C)C)N(C(=O)Cn2nnc3ccccc32)c2cccc(OC)c2)c1. The molecule has 1 atom stereocenters. The molecule has 1 aromatic heterocycles. The van der Waals surface area contributed by atoms with Crippen LogP contribution < -0.4 is 19.7 Å². The van der Waals surface area contributed by atoms with Gasteiger partial charge >= 0.3 is 0 Å². The van der Waals surface area contributed by atoms with E-state index in [0.717, 1.165) is 5.52 Å². The summed E-state index contributed by atoms with van der Waals surface area (Å²) >= 11 is 0. The molecule has 0 fully saturated rings. The molecule has 0 aliphatic carbocycles. The van der Waals surface area contributed by atoms with Gasteiger partial charge in [0, 0.05) is 17.3 Å². The van der Waals surface area contributed by atoms with Crippen LogP contribution >= 0.6 is 0 Å². The van der Waals surface area contributed by atoms with E-state index in [1.807, 2.05) is 45.0 Å². The van der Waals surface area contributed by atoms with Gasteiger partial charge in [0.1, 0.15) is 29.6 Å². The maximum absolute atomic E-state index is 14.1. The number of rotatable bonds is 8. The molecule has 9 nitrogen and oxygen atoms in total. The summed E-state index contributed by atoms with van der Waals surface area (Å²) in [6.07, 6.45) is 0.